The van der Waals surface area contributed by atoms with Crippen LogP contribution in [0.25, 0.3) is 0 Å². The molecule has 0 heterocycles. The van der Waals surface area contributed by atoms with Gasteiger partial charge in [-0.3, -0.25) is 4.79 Å². The van der Waals surface area contributed by atoms with Crippen LogP contribution in [0.1, 0.15) is 37.2 Å². The smallest absolute Gasteiger partial charge is 0.317 e. The molecule has 0 aliphatic heterocycles. The molecule has 1 saturated carbocycles. The maximum atomic E-state index is 10.6. The molecule has 0 unspecified atom stereocenters. The summed E-state index contributed by atoms with van der Waals surface area (Å²) in [4.78, 5) is 10.6. The first-order valence-electron chi connectivity index (χ1n) is 6.27. The molecule has 3 heteroatoms. The monoisotopic (exact) mass is 233 g/mol. The summed E-state index contributed by atoms with van der Waals surface area (Å²) < 4.78 is 0. The van der Waals surface area contributed by atoms with Crippen LogP contribution >= 0.6 is 0 Å². The lowest BCUT2D eigenvalue weighted by Gasteiger charge is -2.32. The van der Waals surface area contributed by atoms with Crippen molar-refractivity contribution in [3.8, 4) is 0 Å². The number of hydrogen-bond acceptors (Lipinski definition) is 2. The maximum absolute atomic E-state index is 10.6. The Balaban J connectivity index is 2.04. The van der Waals surface area contributed by atoms with Crippen LogP contribution < -0.4 is 5.32 Å². The standard InChI is InChI=1S/C14H19NO2/c16-14(17)10-15-13-9-5-4-8-12(13)11-6-2-1-3-7-11/h1-3,6-7,12-13,15H,4-5,8-10H2,(H,16,17)/t12-,13+/m0/s1. The van der Waals surface area contributed by atoms with Crippen LogP contribution in [0.4, 0.5) is 0 Å². The molecule has 2 rings (SSSR count). The van der Waals surface area contributed by atoms with Gasteiger partial charge in [-0.25, -0.2) is 0 Å². The van der Waals surface area contributed by atoms with Crippen LogP contribution in [0, 0.1) is 0 Å². The molecule has 2 atom stereocenters. The van der Waals surface area contributed by atoms with Gasteiger partial charge < -0.3 is 10.4 Å². The summed E-state index contributed by atoms with van der Waals surface area (Å²) >= 11 is 0. The second kappa shape index (κ2) is 5.82. The second-order valence-corrected chi connectivity index (χ2v) is 4.68. The Morgan fingerprint density at radius 1 is 1.24 bits per heavy atom. The number of hydrogen-bond donors (Lipinski definition) is 2. The Kier molecular flexibility index (Phi) is 4.15. The third kappa shape index (κ3) is 3.30. The van der Waals surface area contributed by atoms with E-state index in [0.717, 1.165) is 12.8 Å². The fraction of sp³-hybridized carbons (Fsp3) is 0.500. The minimum atomic E-state index is -0.776. The minimum absolute atomic E-state index is 0.0635. The molecule has 1 aliphatic carbocycles. The zero-order valence-corrected chi connectivity index (χ0v) is 9.93. The predicted octanol–water partition coefficient (Wildman–Crippen LogP) is 2.39. The molecule has 0 amide bonds. The largest absolute Gasteiger partial charge is 0.480 e. The Morgan fingerprint density at radius 2 is 1.94 bits per heavy atom. The number of aliphatic carboxylic acids is 1. The summed E-state index contributed by atoms with van der Waals surface area (Å²) in [6.45, 7) is 0.0635. The number of benzene rings is 1. The van der Waals surface area contributed by atoms with E-state index >= 15 is 0 Å². The number of rotatable bonds is 4. The Hall–Kier alpha value is -1.35. The summed E-state index contributed by atoms with van der Waals surface area (Å²) in [7, 11) is 0. The molecule has 3 nitrogen and oxygen atoms in total. The highest BCUT2D eigenvalue weighted by molar-refractivity contribution is 5.69. The van der Waals surface area contributed by atoms with Crippen molar-refractivity contribution < 1.29 is 9.90 Å². The van der Waals surface area contributed by atoms with Gasteiger partial charge in [-0.15, -0.1) is 0 Å². The van der Waals surface area contributed by atoms with Gasteiger partial charge in [-0.1, -0.05) is 43.2 Å². The summed E-state index contributed by atoms with van der Waals surface area (Å²) in [5.74, 6) is -0.313. The van der Waals surface area contributed by atoms with Gasteiger partial charge in [-0.2, -0.15) is 0 Å². The van der Waals surface area contributed by atoms with E-state index in [4.69, 9.17) is 5.11 Å². The summed E-state index contributed by atoms with van der Waals surface area (Å²) in [5.41, 5.74) is 1.33. The van der Waals surface area contributed by atoms with E-state index in [2.05, 4.69) is 29.6 Å². The SMILES string of the molecule is O=C(O)CN[C@@H]1CCCC[C@H]1c1ccccc1. The maximum Gasteiger partial charge on any atom is 0.317 e. The van der Waals surface area contributed by atoms with E-state index in [1.54, 1.807) is 0 Å². The molecule has 1 aromatic rings. The molecule has 92 valence electrons. The van der Waals surface area contributed by atoms with Gasteiger partial charge >= 0.3 is 5.97 Å². The predicted molar refractivity (Wildman–Crippen MR) is 67.1 cm³/mol. The Morgan fingerprint density at radius 3 is 2.65 bits per heavy atom. The van der Waals surface area contributed by atoms with Gasteiger partial charge in [0, 0.05) is 6.04 Å². The van der Waals surface area contributed by atoms with Crippen LogP contribution in [0.3, 0.4) is 0 Å². The highest BCUT2D eigenvalue weighted by atomic mass is 16.4. The molecule has 0 aromatic heterocycles. The molecule has 0 spiro atoms. The lowest BCUT2D eigenvalue weighted by Crippen LogP contribution is -2.39. The molecular weight excluding hydrogens is 214 g/mol. The van der Waals surface area contributed by atoms with Crippen molar-refractivity contribution in [1.29, 1.82) is 0 Å². The normalized spacial score (nSPS) is 24.5. The molecule has 1 aromatic carbocycles. The topological polar surface area (TPSA) is 49.3 Å². The number of nitrogens with one attached hydrogen (secondary N) is 1. The first-order chi connectivity index (χ1) is 8.27. The average Bonchev–Trinajstić information content (AvgIpc) is 2.38. The number of carboxylic acids is 1. The van der Waals surface area contributed by atoms with Crippen molar-refractivity contribution in [2.75, 3.05) is 6.54 Å². The van der Waals surface area contributed by atoms with Gasteiger partial charge in [0.1, 0.15) is 0 Å². The molecule has 1 aliphatic rings. The molecule has 0 radical (unpaired) electrons. The van der Waals surface area contributed by atoms with Crippen molar-refractivity contribution >= 4 is 5.97 Å². The van der Waals surface area contributed by atoms with E-state index in [0.29, 0.717) is 12.0 Å². The van der Waals surface area contributed by atoms with Crippen LogP contribution in [0.5, 0.6) is 0 Å². The highest BCUT2D eigenvalue weighted by Gasteiger charge is 2.26. The summed E-state index contributed by atoms with van der Waals surface area (Å²) in [5, 5.41) is 11.9. The van der Waals surface area contributed by atoms with Crippen molar-refractivity contribution in [1.82, 2.24) is 5.32 Å². The van der Waals surface area contributed by atoms with Crippen LogP contribution in [-0.4, -0.2) is 23.7 Å². The summed E-state index contributed by atoms with van der Waals surface area (Å²) in [6, 6.07) is 10.7. The fourth-order valence-corrected chi connectivity index (χ4v) is 2.69. The third-order valence-corrected chi connectivity index (χ3v) is 3.51. The zero-order valence-electron chi connectivity index (χ0n) is 9.93. The molecule has 2 N–H and O–H groups in total. The van der Waals surface area contributed by atoms with Crippen LogP contribution in [-0.2, 0) is 4.79 Å². The molecule has 17 heavy (non-hydrogen) atoms. The van der Waals surface area contributed by atoms with Crippen molar-refractivity contribution in [2.24, 2.45) is 0 Å². The van der Waals surface area contributed by atoms with Crippen LogP contribution in [0.15, 0.2) is 30.3 Å². The van der Waals surface area contributed by atoms with E-state index in [1.165, 1.54) is 18.4 Å². The first-order valence-corrected chi connectivity index (χ1v) is 6.27. The van der Waals surface area contributed by atoms with E-state index in [-0.39, 0.29) is 6.54 Å². The molecule has 0 saturated heterocycles. The average molecular weight is 233 g/mol. The minimum Gasteiger partial charge on any atom is -0.480 e. The van der Waals surface area contributed by atoms with Gasteiger partial charge in [-0.05, 0) is 24.3 Å². The van der Waals surface area contributed by atoms with E-state index in [9.17, 15) is 4.79 Å². The van der Waals surface area contributed by atoms with Gasteiger partial charge in [0.15, 0.2) is 0 Å². The molecule has 0 bridgehead atoms. The highest BCUT2D eigenvalue weighted by Crippen LogP contribution is 2.32. The van der Waals surface area contributed by atoms with Crippen molar-refractivity contribution in [2.45, 2.75) is 37.6 Å². The van der Waals surface area contributed by atoms with E-state index < -0.39 is 5.97 Å². The fourth-order valence-electron chi connectivity index (χ4n) is 2.69. The van der Waals surface area contributed by atoms with Crippen molar-refractivity contribution in [3.63, 3.8) is 0 Å². The Bertz CT molecular complexity index is 364. The van der Waals surface area contributed by atoms with Crippen molar-refractivity contribution in [3.05, 3.63) is 35.9 Å². The first kappa shape index (κ1) is 12.1. The zero-order chi connectivity index (χ0) is 12.1. The van der Waals surface area contributed by atoms with Gasteiger partial charge in [0.25, 0.3) is 0 Å². The lowest BCUT2D eigenvalue weighted by molar-refractivity contribution is -0.136. The van der Waals surface area contributed by atoms with E-state index in [1.807, 2.05) is 6.07 Å². The molecule has 1 fully saturated rings. The summed E-state index contributed by atoms with van der Waals surface area (Å²) in [6.07, 6.45) is 4.67. The van der Waals surface area contributed by atoms with Gasteiger partial charge in [0.2, 0.25) is 0 Å². The quantitative estimate of drug-likeness (QED) is 0.839. The third-order valence-electron chi connectivity index (χ3n) is 3.51. The van der Waals surface area contributed by atoms with Crippen LogP contribution in [0.2, 0.25) is 0 Å². The number of carbonyl (C=O) groups is 1. The number of carboxylic acid groups (broad SMARTS) is 1. The Labute approximate surface area is 102 Å². The molecular formula is C14H19NO2. The lowest BCUT2D eigenvalue weighted by atomic mass is 9.80. The second-order valence-electron chi connectivity index (χ2n) is 4.68. The van der Waals surface area contributed by atoms with Gasteiger partial charge in [0.05, 0.1) is 6.54 Å².